The van der Waals surface area contributed by atoms with Crippen molar-refractivity contribution < 1.29 is 4.74 Å². The van der Waals surface area contributed by atoms with E-state index in [0.717, 1.165) is 27.1 Å². The van der Waals surface area contributed by atoms with E-state index in [0.29, 0.717) is 12.4 Å². The topological polar surface area (TPSA) is 52.8 Å². The number of aromatic nitrogens is 4. The van der Waals surface area contributed by atoms with Gasteiger partial charge in [-0.3, -0.25) is 0 Å². The van der Waals surface area contributed by atoms with Gasteiger partial charge in [0, 0.05) is 15.6 Å². The predicted molar refractivity (Wildman–Crippen MR) is 103 cm³/mol. The standard InChI is InChI=1S/C20H15BrN4O/c21-17-12-10-15(11-13-17)20-22-24-25(23-20)14-16-6-4-5-9-19(16)26-18-7-2-1-3-8-18/h1-13H,14H2. The van der Waals surface area contributed by atoms with Crippen LogP contribution in [0.1, 0.15) is 5.56 Å². The Balaban J connectivity index is 1.55. The Kier molecular flexibility index (Phi) is 4.75. The zero-order valence-electron chi connectivity index (χ0n) is 13.8. The molecule has 4 aromatic rings. The van der Waals surface area contributed by atoms with Gasteiger partial charge in [-0.25, -0.2) is 0 Å². The quantitative estimate of drug-likeness (QED) is 0.470. The van der Waals surface area contributed by atoms with Crippen LogP contribution in [0, 0.1) is 0 Å². The highest BCUT2D eigenvalue weighted by molar-refractivity contribution is 9.10. The average Bonchev–Trinajstić information content (AvgIpc) is 3.13. The van der Waals surface area contributed by atoms with Crippen LogP contribution in [-0.2, 0) is 6.54 Å². The van der Waals surface area contributed by atoms with Crippen molar-refractivity contribution in [1.82, 2.24) is 20.2 Å². The lowest BCUT2D eigenvalue weighted by atomic mass is 10.2. The first kappa shape index (κ1) is 16.5. The zero-order chi connectivity index (χ0) is 17.8. The van der Waals surface area contributed by atoms with E-state index in [4.69, 9.17) is 4.74 Å². The van der Waals surface area contributed by atoms with Crippen molar-refractivity contribution in [2.24, 2.45) is 0 Å². The molecular formula is C20H15BrN4O. The molecule has 0 saturated heterocycles. The van der Waals surface area contributed by atoms with E-state index in [1.54, 1.807) is 4.80 Å². The third-order valence-electron chi connectivity index (χ3n) is 3.81. The van der Waals surface area contributed by atoms with Crippen molar-refractivity contribution in [1.29, 1.82) is 0 Å². The smallest absolute Gasteiger partial charge is 0.204 e. The van der Waals surface area contributed by atoms with Crippen molar-refractivity contribution in [3.05, 3.63) is 88.9 Å². The van der Waals surface area contributed by atoms with E-state index in [9.17, 15) is 0 Å². The van der Waals surface area contributed by atoms with Gasteiger partial charge in [-0.2, -0.15) is 4.80 Å². The fourth-order valence-electron chi connectivity index (χ4n) is 2.53. The Labute approximate surface area is 159 Å². The van der Waals surface area contributed by atoms with Crippen LogP contribution in [-0.4, -0.2) is 20.2 Å². The Morgan fingerprint density at radius 1 is 0.846 bits per heavy atom. The molecule has 128 valence electrons. The molecule has 1 heterocycles. The molecule has 0 aliphatic heterocycles. The van der Waals surface area contributed by atoms with Gasteiger partial charge < -0.3 is 4.74 Å². The largest absolute Gasteiger partial charge is 0.457 e. The number of halogens is 1. The Hall–Kier alpha value is -2.99. The molecule has 3 aromatic carbocycles. The molecule has 0 saturated carbocycles. The van der Waals surface area contributed by atoms with Gasteiger partial charge in [0.15, 0.2) is 0 Å². The fourth-order valence-corrected chi connectivity index (χ4v) is 2.79. The molecule has 0 bridgehead atoms. The van der Waals surface area contributed by atoms with Crippen LogP contribution in [0.5, 0.6) is 11.5 Å². The molecule has 0 unspecified atom stereocenters. The van der Waals surface area contributed by atoms with Crippen LogP contribution < -0.4 is 4.74 Å². The Bertz CT molecular complexity index is 1000. The van der Waals surface area contributed by atoms with E-state index in [1.807, 2.05) is 78.9 Å². The van der Waals surface area contributed by atoms with Crippen LogP contribution in [0.4, 0.5) is 0 Å². The lowest BCUT2D eigenvalue weighted by Gasteiger charge is -2.10. The SMILES string of the molecule is Brc1ccc(-c2nnn(Cc3ccccc3Oc3ccccc3)n2)cc1. The number of hydrogen-bond acceptors (Lipinski definition) is 4. The van der Waals surface area contributed by atoms with Gasteiger partial charge in [-0.1, -0.05) is 52.3 Å². The summed E-state index contributed by atoms with van der Waals surface area (Å²) in [5.41, 5.74) is 1.91. The fraction of sp³-hybridized carbons (Fsp3) is 0.0500. The van der Waals surface area contributed by atoms with Crippen molar-refractivity contribution in [2.45, 2.75) is 6.54 Å². The van der Waals surface area contributed by atoms with Gasteiger partial charge in [0.25, 0.3) is 0 Å². The summed E-state index contributed by atoms with van der Waals surface area (Å²) < 4.78 is 7.01. The molecule has 4 rings (SSSR count). The van der Waals surface area contributed by atoms with E-state index < -0.39 is 0 Å². The van der Waals surface area contributed by atoms with Crippen LogP contribution in [0.25, 0.3) is 11.4 Å². The highest BCUT2D eigenvalue weighted by atomic mass is 79.9. The molecule has 0 radical (unpaired) electrons. The number of tetrazole rings is 1. The maximum atomic E-state index is 5.99. The third-order valence-corrected chi connectivity index (χ3v) is 4.34. The van der Waals surface area contributed by atoms with Gasteiger partial charge in [0.1, 0.15) is 11.5 Å². The Morgan fingerprint density at radius 2 is 1.58 bits per heavy atom. The highest BCUT2D eigenvalue weighted by Crippen LogP contribution is 2.25. The molecule has 0 aliphatic rings. The first-order chi connectivity index (χ1) is 12.8. The van der Waals surface area contributed by atoms with Gasteiger partial charge in [0.2, 0.25) is 5.82 Å². The minimum Gasteiger partial charge on any atom is -0.457 e. The Morgan fingerprint density at radius 3 is 2.38 bits per heavy atom. The predicted octanol–water partition coefficient (Wildman–Crippen LogP) is 4.94. The number of para-hydroxylation sites is 2. The van der Waals surface area contributed by atoms with Gasteiger partial charge in [0.05, 0.1) is 6.54 Å². The number of ether oxygens (including phenoxy) is 1. The van der Waals surface area contributed by atoms with Crippen molar-refractivity contribution >= 4 is 15.9 Å². The second-order valence-electron chi connectivity index (χ2n) is 5.67. The molecular weight excluding hydrogens is 392 g/mol. The second kappa shape index (κ2) is 7.49. The molecule has 0 fully saturated rings. The lowest BCUT2D eigenvalue weighted by molar-refractivity contribution is 0.466. The molecule has 6 heteroatoms. The van der Waals surface area contributed by atoms with E-state index in [-0.39, 0.29) is 0 Å². The summed E-state index contributed by atoms with van der Waals surface area (Å²) in [7, 11) is 0. The van der Waals surface area contributed by atoms with Crippen molar-refractivity contribution in [3.8, 4) is 22.9 Å². The van der Waals surface area contributed by atoms with E-state index in [1.165, 1.54) is 0 Å². The van der Waals surface area contributed by atoms with E-state index >= 15 is 0 Å². The minimum atomic E-state index is 0.479. The van der Waals surface area contributed by atoms with Crippen LogP contribution >= 0.6 is 15.9 Å². The van der Waals surface area contributed by atoms with Gasteiger partial charge in [-0.05, 0) is 47.7 Å². The van der Waals surface area contributed by atoms with Crippen molar-refractivity contribution in [3.63, 3.8) is 0 Å². The van der Waals surface area contributed by atoms with Crippen LogP contribution in [0.2, 0.25) is 0 Å². The first-order valence-electron chi connectivity index (χ1n) is 8.12. The molecule has 5 nitrogen and oxygen atoms in total. The first-order valence-corrected chi connectivity index (χ1v) is 8.92. The summed E-state index contributed by atoms with van der Waals surface area (Å²) in [4.78, 5) is 1.57. The maximum Gasteiger partial charge on any atom is 0.204 e. The summed E-state index contributed by atoms with van der Waals surface area (Å²) in [6.45, 7) is 0.479. The summed E-state index contributed by atoms with van der Waals surface area (Å²) in [6, 6.07) is 25.4. The highest BCUT2D eigenvalue weighted by Gasteiger charge is 2.09. The molecule has 0 N–H and O–H groups in total. The van der Waals surface area contributed by atoms with Gasteiger partial charge in [-0.15, -0.1) is 10.2 Å². The summed E-state index contributed by atoms with van der Waals surface area (Å²) in [6.07, 6.45) is 0. The number of nitrogens with zero attached hydrogens (tertiary/aromatic N) is 4. The maximum absolute atomic E-state index is 5.99. The minimum absolute atomic E-state index is 0.479. The summed E-state index contributed by atoms with van der Waals surface area (Å²) in [5.74, 6) is 2.17. The van der Waals surface area contributed by atoms with Gasteiger partial charge >= 0.3 is 0 Å². The van der Waals surface area contributed by atoms with Crippen LogP contribution in [0.15, 0.2) is 83.3 Å². The normalized spacial score (nSPS) is 10.7. The third kappa shape index (κ3) is 3.81. The molecule has 0 amide bonds. The molecule has 1 aromatic heterocycles. The molecule has 0 spiro atoms. The molecule has 26 heavy (non-hydrogen) atoms. The molecule has 0 aliphatic carbocycles. The monoisotopic (exact) mass is 406 g/mol. The number of benzene rings is 3. The summed E-state index contributed by atoms with van der Waals surface area (Å²) in [5, 5.41) is 12.8. The van der Waals surface area contributed by atoms with E-state index in [2.05, 4.69) is 31.3 Å². The zero-order valence-corrected chi connectivity index (χ0v) is 15.4. The second-order valence-corrected chi connectivity index (χ2v) is 6.59. The number of hydrogen-bond donors (Lipinski definition) is 0. The van der Waals surface area contributed by atoms with Crippen molar-refractivity contribution in [2.75, 3.05) is 0 Å². The molecule has 0 atom stereocenters. The average molecular weight is 407 g/mol. The lowest BCUT2D eigenvalue weighted by Crippen LogP contribution is -2.05. The summed E-state index contributed by atoms with van der Waals surface area (Å²) >= 11 is 3.43. The van der Waals surface area contributed by atoms with Crippen LogP contribution in [0.3, 0.4) is 0 Å². The number of rotatable bonds is 5.